The molecule has 2 saturated carbocycles. The summed E-state index contributed by atoms with van der Waals surface area (Å²) in [7, 11) is 1.33. The standard InChI is InChI=1S/C31H34F5N9O4/c1-14-5-15(3-4-16(14)27(47)39-7-17-18-11-44(12-19(17)18)29(49)41-21-8-37-10-23(21)46)40-28(48)26-38-9-22(43(26)2)20-13-45(24-6-30(24,32)33)42-25(20)31(34,35)36/h3-5,9,13,17-19,21,23-24,37,46H,6-8,10-12H2,1-2H3,(H,39,47)(H,40,48)(H,41,49)/p-1/t17?,18?,19?,21?,23-,24?/m0/s1. The van der Waals surface area contributed by atoms with Crippen molar-refractivity contribution in [1.82, 2.24) is 34.9 Å². The Morgan fingerprint density at radius 3 is 2.51 bits per heavy atom. The van der Waals surface area contributed by atoms with Gasteiger partial charge in [-0.15, -0.1) is 0 Å². The fourth-order valence-electron chi connectivity index (χ4n) is 6.91. The number of carbonyl (C=O) groups is 2. The predicted octanol–water partition coefficient (Wildman–Crippen LogP) is 1.40. The number of aliphatic hydroxyl groups excluding tert-OH is 1. The minimum Gasteiger partial charge on any atom is -0.846 e. The summed E-state index contributed by atoms with van der Waals surface area (Å²) in [6.45, 7) is 4.13. The van der Waals surface area contributed by atoms with E-state index >= 15 is 0 Å². The maximum Gasteiger partial charge on any atom is 0.435 e. The number of β-amino-alcohol motifs (C(OH)–C–C–N with tert-alkyl or cyclic N) is 1. The van der Waals surface area contributed by atoms with Gasteiger partial charge in [-0.05, 0) is 48.4 Å². The van der Waals surface area contributed by atoms with Gasteiger partial charge in [-0.25, -0.2) is 13.8 Å². The Balaban J connectivity index is 0.948. The summed E-state index contributed by atoms with van der Waals surface area (Å²) < 4.78 is 70.2. The number of hydrogen-bond acceptors (Lipinski definition) is 8. The number of carbonyl (C=O) groups excluding carboxylic acids is 2. The van der Waals surface area contributed by atoms with Crippen molar-refractivity contribution in [3.8, 4) is 11.3 Å². The first kappa shape index (κ1) is 32.9. The first-order chi connectivity index (χ1) is 23.1. The molecule has 7 rings (SSSR count). The van der Waals surface area contributed by atoms with E-state index in [-0.39, 0.29) is 41.2 Å². The number of benzene rings is 1. The van der Waals surface area contributed by atoms with E-state index in [1.54, 1.807) is 24.0 Å². The van der Waals surface area contributed by atoms with Crippen molar-refractivity contribution in [2.45, 2.75) is 43.6 Å². The zero-order chi connectivity index (χ0) is 35.0. The number of alkyl halides is 5. The number of amidine groups is 1. The second kappa shape index (κ2) is 11.8. The number of rotatable bonds is 8. The van der Waals surface area contributed by atoms with Crippen LogP contribution in [0.15, 0.2) is 35.6 Å². The molecule has 0 radical (unpaired) electrons. The van der Waals surface area contributed by atoms with Crippen molar-refractivity contribution in [1.29, 1.82) is 0 Å². The molecule has 2 amide bonds. The fraction of sp³-hybridized carbons (Fsp3) is 0.516. The molecular formula is C31H33F5N9O4-. The molecule has 2 aliphatic heterocycles. The molecule has 49 heavy (non-hydrogen) atoms. The second-order valence-corrected chi connectivity index (χ2v) is 13.2. The van der Waals surface area contributed by atoms with E-state index < -0.39 is 53.9 Å². The van der Waals surface area contributed by atoms with Crippen LogP contribution < -0.4 is 21.1 Å². The molecule has 4 fully saturated rings. The normalized spacial score (nSPS) is 27.3. The third-order valence-electron chi connectivity index (χ3n) is 9.88. The van der Waals surface area contributed by atoms with Gasteiger partial charge in [0.25, 0.3) is 17.7 Å². The van der Waals surface area contributed by atoms with Crippen LogP contribution in [-0.2, 0) is 13.2 Å². The molecule has 4 heterocycles. The number of aliphatic hydroxyl groups is 1. The number of aromatic nitrogens is 4. The van der Waals surface area contributed by atoms with Crippen LogP contribution in [0.2, 0.25) is 0 Å². The van der Waals surface area contributed by atoms with Crippen molar-refractivity contribution in [3.05, 3.63) is 53.2 Å². The monoisotopic (exact) mass is 690 g/mol. The van der Waals surface area contributed by atoms with Crippen LogP contribution in [0.5, 0.6) is 0 Å². The lowest BCUT2D eigenvalue weighted by Crippen LogP contribution is -2.42. The average Bonchev–Trinajstić information content (AvgIpc) is 3.47. The maximum absolute atomic E-state index is 13.8. The molecule has 2 aromatic heterocycles. The number of piperidine rings is 1. The number of nitrogens with one attached hydrogen (secondary N) is 3. The lowest BCUT2D eigenvalue weighted by atomic mass is 10.1. The Morgan fingerprint density at radius 2 is 1.90 bits per heavy atom. The third kappa shape index (κ3) is 6.22. The fourth-order valence-corrected chi connectivity index (χ4v) is 6.91. The van der Waals surface area contributed by atoms with Gasteiger partial charge in [0, 0.05) is 63.6 Å². The van der Waals surface area contributed by atoms with Crippen LogP contribution in [0.4, 0.5) is 27.6 Å². The summed E-state index contributed by atoms with van der Waals surface area (Å²) >= 11 is 0. The molecule has 4 N–H and O–H groups in total. The van der Waals surface area contributed by atoms with Gasteiger partial charge in [0.1, 0.15) is 6.04 Å². The number of aliphatic imine (C=N–C) groups is 1. The molecule has 2 aliphatic carbocycles. The van der Waals surface area contributed by atoms with Gasteiger partial charge in [-0.1, -0.05) is 0 Å². The van der Waals surface area contributed by atoms with Crippen LogP contribution in [0, 0.1) is 24.7 Å². The molecular weight excluding hydrogens is 657 g/mol. The quantitative estimate of drug-likeness (QED) is 0.157. The van der Waals surface area contributed by atoms with E-state index in [0.717, 1.165) is 17.0 Å². The van der Waals surface area contributed by atoms with E-state index in [1.807, 2.05) is 0 Å². The number of anilines is 1. The predicted molar refractivity (Wildman–Crippen MR) is 162 cm³/mol. The Labute approximate surface area is 276 Å². The number of likely N-dealkylation sites (tertiary alicyclic amines) is 1. The second-order valence-electron chi connectivity index (χ2n) is 13.2. The summed E-state index contributed by atoms with van der Waals surface area (Å²) in [6.07, 6.45) is -4.27. The summed E-state index contributed by atoms with van der Waals surface area (Å²) in [6, 6.07) is 2.41. The number of aryl methyl sites for hydroxylation is 1. The molecule has 3 aromatic rings. The van der Waals surface area contributed by atoms with E-state index in [0.29, 0.717) is 54.2 Å². The molecule has 0 spiro atoms. The zero-order valence-corrected chi connectivity index (χ0v) is 26.3. The molecule has 262 valence electrons. The Morgan fingerprint density at radius 1 is 1.18 bits per heavy atom. The number of fused-ring (bicyclic) bond motifs is 1. The van der Waals surface area contributed by atoms with Crippen molar-refractivity contribution < 1.29 is 41.8 Å². The van der Waals surface area contributed by atoms with Crippen LogP contribution >= 0.6 is 0 Å². The van der Waals surface area contributed by atoms with Crippen molar-refractivity contribution in [2.75, 3.05) is 38.0 Å². The van der Waals surface area contributed by atoms with E-state index in [2.05, 4.69) is 31.0 Å². The van der Waals surface area contributed by atoms with Crippen LogP contribution in [0.3, 0.4) is 0 Å². The molecule has 0 bridgehead atoms. The molecule has 4 aliphatic rings. The van der Waals surface area contributed by atoms with Gasteiger partial charge in [-0.3, -0.25) is 19.3 Å². The Bertz CT molecular complexity index is 1830. The highest BCUT2D eigenvalue weighted by Crippen LogP contribution is 2.53. The maximum atomic E-state index is 13.8. The topological polar surface area (TPSA) is 165 Å². The first-order valence-electron chi connectivity index (χ1n) is 15.8. The summed E-state index contributed by atoms with van der Waals surface area (Å²) in [5.41, 5.74) is -0.707. The van der Waals surface area contributed by atoms with Gasteiger partial charge >= 0.3 is 6.18 Å². The van der Waals surface area contributed by atoms with Crippen LogP contribution in [-0.4, -0.2) is 98.0 Å². The van der Waals surface area contributed by atoms with Crippen LogP contribution in [0.1, 0.15) is 44.7 Å². The summed E-state index contributed by atoms with van der Waals surface area (Å²) in [5, 5.41) is 34.4. The van der Waals surface area contributed by atoms with E-state index in [1.165, 1.54) is 13.1 Å². The van der Waals surface area contributed by atoms with Gasteiger partial charge in [-0.2, -0.15) is 18.3 Å². The Hall–Kier alpha value is -4.58. The Kier molecular flexibility index (Phi) is 7.92. The van der Waals surface area contributed by atoms with Gasteiger partial charge in [0.05, 0.1) is 35.6 Å². The van der Waals surface area contributed by atoms with Crippen molar-refractivity contribution in [2.24, 2.45) is 29.8 Å². The highest BCUT2D eigenvalue weighted by molar-refractivity contribution is 6.03. The lowest BCUT2D eigenvalue weighted by Gasteiger charge is -2.29. The van der Waals surface area contributed by atoms with Crippen LogP contribution in [0.25, 0.3) is 11.3 Å². The molecule has 1 aromatic carbocycles. The van der Waals surface area contributed by atoms with E-state index in [4.69, 9.17) is 0 Å². The zero-order valence-electron chi connectivity index (χ0n) is 26.3. The smallest absolute Gasteiger partial charge is 0.435 e. The molecule has 13 nitrogen and oxygen atoms in total. The van der Waals surface area contributed by atoms with Gasteiger partial charge < -0.3 is 35.6 Å². The van der Waals surface area contributed by atoms with E-state index in [9.17, 15) is 41.8 Å². The number of nitrogens with zero attached hydrogens (tertiary/aromatic N) is 6. The van der Waals surface area contributed by atoms with Gasteiger partial charge in [0.2, 0.25) is 0 Å². The first-order valence-corrected chi connectivity index (χ1v) is 15.8. The number of halogens is 5. The minimum atomic E-state index is -4.93. The van der Waals surface area contributed by atoms with Gasteiger partial charge in [0.15, 0.2) is 11.5 Å². The number of imidazole rings is 1. The third-order valence-corrected chi connectivity index (χ3v) is 9.88. The molecule has 4 unspecified atom stereocenters. The average molecular weight is 691 g/mol. The lowest BCUT2D eigenvalue weighted by molar-refractivity contribution is -0.235. The number of hydrogen-bond donors (Lipinski definition) is 4. The summed E-state index contributed by atoms with van der Waals surface area (Å²) in [5.74, 6) is -3.63. The molecule has 18 heteroatoms. The minimum absolute atomic E-state index is 0.133. The summed E-state index contributed by atoms with van der Waals surface area (Å²) in [4.78, 5) is 35.9. The highest BCUT2D eigenvalue weighted by Gasteiger charge is 2.60. The number of amides is 2. The molecule has 2 saturated heterocycles. The largest absolute Gasteiger partial charge is 0.846 e. The SMILES string of the molecule is Cc1cc(NC(=O)c2ncc(-c3cn(C4CC4(F)F)nc3C(F)(F)F)n2C)ccc1C(=O)NCC1C2CN(C([O-])=NC3CNC[C@@H]3O)CC12. The van der Waals surface area contributed by atoms with Crippen molar-refractivity contribution >= 4 is 23.5 Å². The highest BCUT2D eigenvalue weighted by atomic mass is 19.4. The van der Waals surface area contributed by atoms with Crippen molar-refractivity contribution in [3.63, 3.8) is 0 Å². The molecule has 5 atom stereocenters.